The Labute approximate surface area is 174 Å². The number of fused-ring (bicyclic) bond motifs is 1. The zero-order valence-corrected chi connectivity index (χ0v) is 16.5. The number of para-hydroxylation sites is 1. The Hall–Kier alpha value is -3.93. The van der Waals surface area contributed by atoms with E-state index in [0.29, 0.717) is 16.8 Å². The van der Waals surface area contributed by atoms with Gasteiger partial charge in [0.25, 0.3) is 11.8 Å². The van der Waals surface area contributed by atoms with Crippen LogP contribution in [0.3, 0.4) is 0 Å². The van der Waals surface area contributed by atoms with Crippen LogP contribution < -0.4 is 10.6 Å². The van der Waals surface area contributed by atoms with E-state index < -0.39 is 0 Å². The van der Waals surface area contributed by atoms with Crippen LogP contribution >= 0.6 is 0 Å². The van der Waals surface area contributed by atoms with Crippen LogP contribution in [0.4, 0.5) is 17.1 Å². The average molecular weight is 399 g/mol. The topological polar surface area (TPSA) is 78.5 Å². The van der Waals surface area contributed by atoms with E-state index in [9.17, 15) is 14.4 Å². The summed E-state index contributed by atoms with van der Waals surface area (Å²) in [4.78, 5) is 38.4. The van der Waals surface area contributed by atoms with Gasteiger partial charge in [0.2, 0.25) is 5.91 Å². The summed E-state index contributed by atoms with van der Waals surface area (Å²) >= 11 is 0. The zero-order valence-electron chi connectivity index (χ0n) is 16.5. The summed E-state index contributed by atoms with van der Waals surface area (Å²) in [5.74, 6) is -0.950. The Morgan fingerprint density at radius 3 is 2.17 bits per heavy atom. The molecule has 0 radical (unpaired) electrons. The van der Waals surface area contributed by atoms with Crippen molar-refractivity contribution >= 4 is 34.8 Å². The molecule has 3 aromatic rings. The lowest BCUT2D eigenvalue weighted by Crippen LogP contribution is -2.32. The largest absolute Gasteiger partial charge is 0.356 e. The third-order valence-electron chi connectivity index (χ3n) is 4.92. The molecule has 0 fully saturated rings. The standard InChI is InChI=1S/C24H21N3O3/c1-16-7-12-20-21(15-16)24(30)27(23(20)29)14-13-22(28)26-19-10-8-18(9-11-19)25-17-5-3-2-4-6-17/h2-12,15,25H,13-14H2,1H3,(H,26,28). The van der Waals surface area contributed by atoms with E-state index in [4.69, 9.17) is 0 Å². The highest BCUT2D eigenvalue weighted by Crippen LogP contribution is 2.24. The fraction of sp³-hybridized carbons (Fsp3) is 0.125. The van der Waals surface area contributed by atoms with Gasteiger partial charge in [-0.05, 0) is 55.5 Å². The van der Waals surface area contributed by atoms with Gasteiger partial charge in [0.1, 0.15) is 0 Å². The zero-order chi connectivity index (χ0) is 21.1. The number of amides is 3. The number of imide groups is 1. The molecule has 0 aliphatic carbocycles. The third kappa shape index (κ3) is 4.07. The molecule has 4 rings (SSSR count). The molecule has 0 saturated heterocycles. The minimum Gasteiger partial charge on any atom is -0.356 e. The van der Waals surface area contributed by atoms with E-state index in [-0.39, 0.29) is 30.7 Å². The molecule has 6 heteroatoms. The minimum absolute atomic E-state index is 0.0362. The van der Waals surface area contributed by atoms with Gasteiger partial charge in [0.15, 0.2) is 0 Å². The van der Waals surface area contributed by atoms with Crippen LogP contribution in [0.1, 0.15) is 32.7 Å². The highest BCUT2D eigenvalue weighted by Gasteiger charge is 2.35. The summed E-state index contributed by atoms with van der Waals surface area (Å²) in [6, 6.07) is 22.3. The fourth-order valence-corrected chi connectivity index (χ4v) is 3.37. The molecule has 1 aliphatic rings. The molecule has 30 heavy (non-hydrogen) atoms. The highest BCUT2D eigenvalue weighted by molar-refractivity contribution is 6.21. The Kier molecular flexibility index (Phi) is 5.30. The van der Waals surface area contributed by atoms with Crippen molar-refractivity contribution in [2.24, 2.45) is 0 Å². The SMILES string of the molecule is Cc1ccc2c(c1)C(=O)N(CCC(=O)Nc1ccc(Nc3ccccc3)cc1)C2=O. The molecular weight excluding hydrogens is 378 g/mol. The van der Waals surface area contributed by atoms with Gasteiger partial charge in [-0.1, -0.05) is 29.8 Å². The molecule has 150 valence electrons. The predicted molar refractivity (Wildman–Crippen MR) is 116 cm³/mol. The number of nitrogens with one attached hydrogen (secondary N) is 2. The average Bonchev–Trinajstić information content (AvgIpc) is 2.98. The first-order valence-corrected chi connectivity index (χ1v) is 9.70. The van der Waals surface area contributed by atoms with Crippen molar-refractivity contribution in [1.29, 1.82) is 0 Å². The molecule has 0 bridgehead atoms. The number of aryl methyl sites for hydroxylation is 1. The van der Waals surface area contributed by atoms with E-state index in [0.717, 1.165) is 21.8 Å². The Balaban J connectivity index is 1.32. The summed E-state index contributed by atoms with van der Waals surface area (Å²) < 4.78 is 0. The van der Waals surface area contributed by atoms with E-state index in [1.165, 1.54) is 0 Å². The number of hydrogen-bond donors (Lipinski definition) is 2. The number of nitrogens with zero attached hydrogens (tertiary/aromatic N) is 1. The van der Waals surface area contributed by atoms with Crippen LogP contribution in [0, 0.1) is 6.92 Å². The van der Waals surface area contributed by atoms with Crippen molar-refractivity contribution < 1.29 is 14.4 Å². The Morgan fingerprint density at radius 1 is 0.800 bits per heavy atom. The summed E-state index contributed by atoms with van der Waals surface area (Å²) in [7, 11) is 0. The quantitative estimate of drug-likeness (QED) is 0.604. The molecule has 3 aromatic carbocycles. The van der Waals surface area contributed by atoms with Crippen molar-refractivity contribution in [3.63, 3.8) is 0 Å². The van der Waals surface area contributed by atoms with Gasteiger partial charge in [-0.15, -0.1) is 0 Å². The van der Waals surface area contributed by atoms with Crippen LogP contribution in [0.5, 0.6) is 0 Å². The Bertz CT molecular complexity index is 1110. The van der Waals surface area contributed by atoms with Crippen LogP contribution in [0.2, 0.25) is 0 Å². The molecule has 0 atom stereocenters. The van der Waals surface area contributed by atoms with Gasteiger partial charge in [0, 0.05) is 30.0 Å². The monoisotopic (exact) mass is 399 g/mol. The number of carbonyl (C=O) groups excluding carboxylic acids is 3. The Morgan fingerprint density at radius 2 is 1.43 bits per heavy atom. The van der Waals surface area contributed by atoms with Crippen molar-refractivity contribution in [3.05, 3.63) is 89.5 Å². The number of anilines is 3. The maximum Gasteiger partial charge on any atom is 0.261 e. The van der Waals surface area contributed by atoms with Crippen LogP contribution in [-0.2, 0) is 4.79 Å². The van der Waals surface area contributed by atoms with Gasteiger partial charge >= 0.3 is 0 Å². The molecule has 0 aromatic heterocycles. The van der Waals surface area contributed by atoms with E-state index >= 15 is 0 Å². The minimum atomic E-state index is -0.348. The van der Waals surface area contributed by atoms with Crippen molar-refractivity contribution in [2.75, 3.05) is 17.2 Å². The summed E-state index contributed by atoms with van der Waals surface area (Å²) in [5.41, 5.74) is 4.25. The molecule has 0 saturated carbocycles. The van der Waals surface area contributed by atoms with Crippen LogP contribution in [-0.4, -0.2) is 29.2 Å². The van der Waals surface area contributed by atoms with Gasteiger partial charge in [0.05, 0.1) is 11.1 Å². The van der Waals surface area contributed by atoms with E-state index in [1.54, 1.807) is 30.3 Å². The maximum absolute atomic E-state index is 12.5. The van der Waals surface area contributed by atoms with Crippen molar-refractivity contribution in [2.45, 2.75) is 13.3 Å². The maximum atomic E-state index is 12.5. The number of rotatable bonds is 6. The molecule has 1 aliphatic heterocycles. The lowest BCUT2D eigenvalue weighted by atomic mass is 10.1. The first-order valence-electron chi connectivity index (χ1n) is 9.70. The lowest BCUT2D eigenvalue weighted by Gasteiger charge is -2.13. The van der Waals surface area contributed by atoms with Crippen molar-refractivity contribution in [3.8, 4) is 0 Å². The second-order valence-electron chi connectivity index (χ2n) is 7.18. The molecule has 1 heterocycles. The molecule has 3 amide bonds. The highest BCUT2D eigenvalue weighted by atomic mass is 16.2. The third-order valence-corrected chi connectivity index (χ3v) is 4.92. The van der Waals surface area contributed by atoms with E-state index in [2.05, 4.69) is 10.6 Å². The normalized spacial score (nSPS) is 12.6. The van der Waals surface area contributed by atoms with Crippen molar-refractivity contribution in [1.82, 2.24) is 4.90 Å². The smallest absolute Gasteiger partial charge is 0.261 e. The summed E-state index contributed by atoms with van der Waals surface area (Å²) in [6.45, 7) is 1.92. The molecule has 0 unspecified atom stereocenters. The van der Waals surface area contributed by atoms with Gasteiger partial charge in [-0.3, -0.25) is 19.3 Å². The first kappa shape index (κ1) is 19.4. The molecule has 6 nitrogen and oxygen atoms in total. The van der Waals surface area contributed by atoms with Crippen LogP contribution in [0.15, 0.2) is 72.8 Å². The number of carbonyl (C=O) groups is 3. The fourth-order valence-electron chi connectivity index (χ4n) is 3.37. The van der Waals surface area contributed by atoms with E-state index in [1.807, 2.05) is 49.4 Å². The van der Waals surface area contributed by atoms with Gasteiger partial charge in [-0.25, -0.2) is 0 Å². The predicted octanol–water partition coefficient (Wildman–Crippen LogP) is 4.36. The summed E-state index contributed by atoms with van der Waals surface area (Å²) in [5, 5.41) is 6.08. The second kappa shape index (κ2) is 8.21. The van der Waals surface area contributed by atoms with Gasteiger partial charge in [-0.2, -0.15) is 0 Å². The number of benzene rings is 3. The summed E-state index contributed by atoms with van der Waals surface area (Å²) in [6.07, 6.45) is 0.0362. The second-order valence-corrected chi connectivity index (χ2v) is 7.18. The lowest BCUT2D eigenvalue weighted by molar-refractivity contribution is -0.116. The number of hydrogen-bond acceptors (Lipinski definition) is 4. The van der Waals surface area contributed by atoms with Gasteiger partial charge < -0.3 is 10.6 Å². The van der Waals surface area contributed by atoms with Crippen LogP contribution in [0.25, 0.3) is 0 Å². The molecular formula is C24H21N3O3. The first-order chi connectivity index (χ1) is 14.5. The molecule has 0 spiro atoms. The molecule has 2 N–H and O–H groups in total.